The number of fused-ring (bicyclic) bond motifs is 5. The van der Waals surface area contributed by atoms with E-state index in [9.17, 15) is 0 Å². The molecule has 2 heterocycles. The van der Waals surface area contributed by atoms with Crippen LogP contribution in [0.4, 0.5) is 17.1 Å². The van der Waals surface area contributed by atoms with Crippen molar-refractivity contribution in [3.05, 3.63) is 160 Å². The number of rotatable bonds is 4. The minimum Gasteiger partial charge on any atom is -0.364 e. The normalized spacial score (nSPS) is 21.6. The Kier molecular flexibility index (Phi) is 7.26. The summed E-state index contributed by atoms with van der Waals surface area (Å²) < 4.78 is 0. The van der Waals surface area contributed by atoms with Crippen molar-refractivity contribution < 1.29 is 0 Å². The van der Waals surface area contributed by atoms with E-state index >= 15 is 0 Å². The standard InChI is InChI=1S/C53H50N2/c1-52(2)30-29-37-11-6-8-14-48(37)55(52)40-23-27-43-42-24-16-34(32-45(42)53(3,4)46(43)33-40)15-17-35-18-19-38-21-26-44-49(28-22-39-20-25-41(35)50(38)51(39)44)54-31-9-12-36-10-5-7-13-47(36)54/h5-8,10-11,13-17,20-28,32-33,36,47H,9,12,18-19,29-31H2,1-4H3/b17-15+. The van der Waals surface area contributed by atoms with Crippen molar-refractivity contribution in [2.75, 3.05) is 16.3 Å². The highest BCUT2D eigenvalue weighted by molar-refractivity contribution is 6.16. The van der Waals surface area contributed by atoms with Crippen LogP contribution in [0, 0.1) is 5.92 Å². The number of hydrogen-bond donors (Lipinski definition) is 0. The molecule has 0 amide bonds. The van der Waals surface area contributed by atoms with Crippen molar-refractivity contribution in [1.29, 1.82) is 0 Å². The zero-order valence-electron chi connectivity index (χ0n) is 32.7. The number of aryl methyl sites for hydroxylation is 2. The van der Waals surface area contributed by atoms with Crippen LogP contribution in [0.1, 0.15) is 81.2 Å². The molecule has 2 nitrogen and oxygen atoms in total. The predicted molar refractivity (Wildman–Crippen MR) is 235 cm³/mol. The van der Waals surface area contributed by atoms with E-state index in [1.807, 2.05) is 0 Å². The topological polar surface area (TPSA) is 6.48 Å². The lowest BCUT2D eigenvalue weighted by atomic mass is 9.81. The maximum absolute atomic E-state index is 2.69. The molecule has 0 saturated carbocycles. The molecule has 0 bridgehead atoms. The van der Waals surface area contributed by atoms with Gasteiger partial charge in [-0.05, 0) is 143 Å². The zero-order valence-corrected chi connectivity index (χ0v) is 32.7. The monoisotopic (exact) mass is 714 g/mol. The lowest BCUT2D eigenvalue weighted by molar-refractivity contribution is 0.422. The van der Waals surface area contributed by atoms with E-state index in [-0.39, 0.29) is 11.0 Å². The molecular weight excluding hydrogens is 665 g/mol. The molecule has 0 radical (unpaired) electrons. The van der Waals surface area contributed by atoms with Crippen molar-refractivity contribution >= 4 is 50.3 Å². The van der Waals surface area contributed by atoms with Crippen LogP contribution in [0.5, 0.6) is 0 Å². The number of nitrogens with zero attached hydrogens (tertiary/aromatic N) is 2. The molecule has 11 rings (SSSR count). The lowest BCUT2D eigenvalue weighted by Crippen LogP contribution is -2.44. The van der Waals surface area contributed by atoms with Crippen LogP contribution in [0.3, 0.4) is 0 Å². The number of para-hydroxylation sites is 1. The summed E-state index contributed by atoms with van der Waals surface area (Å²) in [6.07, 6.45) is 21.1. The number of allylic oxidation sites excluding steroid dienone is 3. The maximum atomic E-state index is 2.69. The Morgan fingerprint density at radius 2 is 1.49 bits per heavy atom. The summed E-state index contributed by atoms with van der Waals surface area (Å²) in [5.41, 5.74) is 15.3. The Labute approximate surface area is 326 Å². The van der Waals surface area contributed by atoms with Gasteiger partial charge in [0.2, 0.25) is 0 Å². The summed E-state index contributed by atoms with van der Waals surface area (Å²) in [5, 5.41) is 7.09. The molecule has 0 N–H and O–H groups in total. The average molecular weight is 715 g/mol. The molecule has 2 heteroatoms. The van der Waals surface area contributed by atoms with Gasteiger partial charge in [0.05, 0.1) is 6.04 Å². The van der Waals surface area contributed by atoms with Crippen LogP contribution >= 0.6 is 0 Å². The minimum absolute atomic E-state index is 0.0520. The quantitative estimate of drug-likeness (QED) is 0.179. The van der Waals surface area contributed by atoms with Gasteiger partial charge < -0.3 is 9.80 Å². The Morgan fingerprint density at radius 1 is 0.673 bits per heavy atom. The molecule has 2 aliphatic heterocycles. The molecule has 2 atom stereocenters. The fourth-order valence-corrected chi connectivity index (χ4v) is 11.2. The van der Waals surface area contributed by atoms with E-state index in [1.165, 1.54) is 101 Å². The number of benzene rings is 6. The summed E-state index contributed by atoms with van der Waals surface area (Å²) in [6, 6.07) is 38.2. The highest BCUT2D eigenvalue weighted by Crippen LogP contribution is 2.52. The Bertz CT molecular complexity index is 2720. The van der Waals surface area contributed by atoms with Gasteiger partial charge in [-0.3, -0.25) is 0 Å². The summed E-state index contributed by atoms with van der Waals surface area (Å²) in [6.45, 7) is 10.7. The first-order valence-corrected chi connectivity index (χ1v) is 20.7. The molecule has 1 fully saturated rings. The first-order valence-electron chi connectivity index (χ1n) is 20.7. The second kappa shape index (κ2) is 12.1. The third-order valence-electron chi connectivity index (χ3n) is 14.1. The van der Waals surface area contributed by atoms with E-state index in [1.54, 1.807) is 0 Å². The molecule has 6 aromatic carbocycles. The van der Waals surface area contributed by atoms with E-state index in [0.29, 0.717) is 12.0 Å². The number of anilines is 3. The van der Waals surface area contributed by atoms with Gasteiger partial charge in [0.1, 0.15) is 0 Å². The van der Waals surface area contributed by atoms with Crippen molar-refractivity contribution in [2.45, 2.75) is 83.2 Å². The fourth-order valence-electron chi connectivity index (χ4n) is 11.2. The van der Waals surface area contributed by atoms with Crippen LogP contribution in [-0.2, 0) is 18.3 Å². The van der Waals surface area contributed by atoms with E-state index in [0.717, 1.165) is 32.2 Å². The predicted octanol–water partition coefficient (Wildman–Crippen LogP) is 12.4. The lowest BCUT2D eigenvalue weighted by Gasteiger charge is -2.45. The van der Waals surface area contributed by atoms with E-state index in [2.05, 4.69) is 171 Å². The van der Waals surface area contributed by atoms with Gasteiger partial charge in [-0.15, -0.1) is 0 Å². The third kappa shape index (κ3) is 4.99. The van der Waals surface area contributed by atoms with Crippen molar-refractivity contribution in [1.82, 2.24) is 0 Å². The van der Waals surface area contributed by atoms with Gasteiger partial charge in [0, 0.05) is 45.9 Å². The summed E-state index contributed by atoms with van der Waals surface area (Å²) in [7, 11) is 0. The first-order chi connectivity index (χ1) is 26.8. The van der Waals surface area contributed by atoms with Gasteiger partial charge in [-0.25, -0.2) is 0 Å². The molecule has 55 heavy (non-hydrogen) atoms. The smallest absolute Gasteiger partial charge is 0.0539 e. The highest BCUT2D eigenvalue weighted by atomic mass is 15.2. The summed E-state index contributed by atoms with van der Waals surface area (Å²) in [5.74, 6) is 0.604. The SMILES string of the molecule is CC1(C)c2cc(/C=C/C3=c4ccc5ccc(N6CCCC7C=CC=CC76)c6ccc(c4c56)CC3)ccc2-c2ccc(N3c4ccccc4CCC3(C)C)cc21. The first kappa shape index (κ1) is 33.0. The van der Waals surface area contributed by atoms with Crippen molar-refractivity contribution in [3.63, 3.8) is 0 Å². The maximum Gasteiger partial charge on any atom is 0.0539 e. The molecule has 3 aliphatic carbocycles. The minimum atomic E-state index is -0.0904. The number of piperidine rings is 1. The molecule has 0 spiro atoms. The van der Waals surface area contributed by atoms with Gasteiger partial charge in [0.15, 0.2) is 0 Å². The van der Waals surface area contributed by atoms with Crippen LogP contribution < -0.4 is 15.0 Å². The van der Waals surface area contributed by atoms with Gasteiger partial charge in [-0.1, -0.05) is 123 Å². The van der Waals surface area contributed by atoms with Crippen LogP contribution in [-0.4, -0.2) is 18.1 Å². The third-order valence-corrected chi connectivity index (χ3v) is 14.1. The largest absolute Gasteiger partial charge is 0.364 e. The molecule has 6 aromatic rings. The van der Waals surface area contributed by atoms with E-state index < -0.39 is 0 Å². The Morgan fingerprint density at radius 3 is 2.40 bits per heavy atom. The van der Waals surface area contributed by atoms with Crippen LogP contribution in [0.25, 0.3) is 44.3 Å². The second-order valence-electron chi connectivity index (χ2n) is 18.0. The summed E-state index contributed by atoms with van der Waals surface area (Å²) in [4.78, 5) is 5.28. The van der Waals surface area contributed by atoms with Crippen LogP contribution in [0.15, 0.2) is 127 Å². The van der Waals surface area contributed by atoms with E-state index in [4.69, 9.17) is 0 Å². The zero-order chi connectivity index (χ0) is 37.1. The van der Waals surface area contributed by atoms with Crippen molar-refractivity contribution in [2.24, 2.45) is 5.92 Å². The molecule has 5 aliphatic rings. The number of hydrogen-bond acceptors (Lipinski definition) is 2. The Hall–Kier alpha value is -5.34. The fraction of sp³-hybridized carbons (Fsp3) is 0.283. The molecular formula is C53H50N2. The second-order valence-corrected chi connectivity index (χ2v) is 18.0. The van der Waals surface area contributed by atoms with Gasteiger partial charge >= 0.3 is 0 Å². The molecule has 0 aromatic heterocycles. The highest BCUT2D eigenvalue weighted by Gasteiger charge is 2.39. The van der Waals surface area contributed by atoms with Gasteiger partial charge in [-0.2, -0.15) is 0 Å². The van der Waals surface area contributed by atoms with Crippen molar-refractivity contribution in [3.8, 4) is 11.1 Å². The Balaban J connectivity index is 0.956. The summed E-state index contributed by atoms with van der Waals surface area (Å²) >= 11 is 0. The molecule has 1 saturated heterocycles. The van der Waals surface area contributed by atoms with Gasteiger partial charge in [0.25, 0.3) is 0 Å². The molecule has 272 valence electrons. The molecule has 2 unspecified atom stereocenters. The average Bonchev–Trinajstić information content (AvgIpc) is 3.43. The van der Waals surface area contributed by atoms with Crippen LogP contribution in [0.2, 0.25) is 0 Å².